The monoisotopic (exact) mass is 241 g/mol. The second kappa shape index (κ2) is 4.85. The van der Waals surface area contributed by atoms with E-state index in [0.29, 0.717) is 5.69 Å². The van der Waals surface area contributed by atoms with Crippen molar-refractivity contribution in [3.8, 4) is 0 Å². The van der Waals surface area contributed by atoms with E-state index in [2.05, 4.69) is 5.32 Å². The molecule has 86 valence electrons. The van der Waals surface area contributed by atoms with Crippen molar-refractivity contribution in [2.75, 3.05) is 5.73 Å². The maximum absolute atomic E-state index is 11.7. The molecule has 0 aliphatic carbocycles. The van der Waals surface area contributed by atoms with Crippen LogP contribution < -0.4 is 16.8 Å². The molecule has 0 saturated heterocycles. The largest absolute Gasteiger partial charge is 0.399 e. The van der Waals surface area contributed by atoms with Crippen molar-refractivity contribution in [1.82, 2.24) is 5.32 Å². The van der Waals surface area contributed by atoms with Gasteiger partial charge in [-0.05, 0) is 25.1 Å². The van der Waals surface area contributed by atoms with Crippen molar-refractivity contribution >= 4 is 29.1 Å². The minimum atomic E-state index is -0.759. The lowest BCUT2D eigenvalue weighted by molar-refractivity contribution is -0.119. The van der Waals surface area contributed by atoms with Crippen LogP contribution in [0.2, 0.25) is 5.02 Å². The summed E-state index contributed by atoms with van der Waals surface area (Å²) in [5.74, 6) is -1.10. The molecule has 0 spiro atoms. The number of rotatable bonds is 3. The lowest BCUT2D eigenvalue weighted by Gasteiger charge is -2.11. The van der Waals surface area contributed by atoms with Crippen molar-refractivity contribution in [2.45, 2.75) is 13.0 Å². The number of anilines is 1. The Morgan fingerprint density at radius 2 is 2.06 bits per heavy atom. The van der Waals surface area contributed by atoms with Gasteiger partial charge in [0, 0.05) is 5.69 Å². The Bertz CT molecular complexity index is 434. The summed E-state index contributed by atoms with van der Waals surface area (Å²) in [7, 11) is 0. The van der Waals surface area contributed by atoms with Crippen LogP contribution in [-0.2, 0) is 4.79 Å². The highest BCUT2D eigenvalue weighted by atomic mass is 35.5. The second-order valence-corrected chi connectivity index (χ2v) is 3.74. The third kappa shape index (κ3) is 2.87. The summed E-state index contributed by atoms with van der Waals surface area (Å²) in [5.41, 5.74) is 11.2. The highest BCUT2D eigenvalue weighted by Gasteiger charge is 2.16. The maximum atomic E-state index is 11.7. The summed E-state index contributed by atoms with van der Waals surface area (Å²) >= 11 is 5.82. The lowest BCUT2D eigenvalue weighted by Crippen LogP contribution is -2.42. The van der Waals surface area contributed by atoms with Gasteiger partial charge in [0.2, 0.25) is 5.91 Å². The van der Waals surface area contributed by atoms with Crippen molar-refractivity contribution in [1.29, 1.82) is 0 Å². The van der Waals surface area contributed by atoms with Crippen molar-refractivity contribution in [2.24, 2.45) is 5.73 Å². The van der Waals surface area contributed by atoms with E-state index >= 15 is 0 Å². The maximum Gasteiger partial charge on any atom is 0.253 e. The molecule has 0 aromatic heterocycles. The van der Waals surface area contributed by atoms with Gasteiger partial charge in [0.1, 0.15) is 6.04 Å². The number of benzene rings is 1. The Labute approximate surface area is 97.7 Å². The van der Waals surface area contributed by atoms with Gasteiger partial charge in [-0.15, -0.1) is 0 Å². The van der Waals surface area contributed by atoms with Crippen LogP contribution in [-0.4, -0.2) is 17.9 Å². The average Bonchev–Trinajstić information content (AvgIpc) is 2.21. The third-order valence-corrected chi connectivity index (χ3v) is 2.34. The summed E-state index contributed by atoms with van der Waals surface area (Å²) < 4.78 is 0. The van der Waals surface area contributed by atoms with Gasteiger partial charge in [-0.2, -0.15) is 0 Å². The fourth-order valence-corrected chi connectivity index (χ4v) is 1.27. The molecule has 0 bridgehead atoms. The molecule has 1 aromatic rings. The fourth-order valence-electron chi connectivity index (χ4n) is 1.06. The predicted molar refractivity (Wildman–Crippen MR) is 62.0 cm³/mol. The molecule has 0 heterocycles. The number of nitrogens with one attached hydrogen (secondary N) is 1. The predicted octanol–water partition coefficient (Wildman–Crippen LogP) is 0.526. The highest BCUT2D eigenvalue weighted by Crippen LogP contribution is 2.18. The van der Waals surface area contributed by atoms with Crippen LogP contribution in [0.15, 0.2) is 18.2 Å². The Morgan fingerprint density at radius 3 is 2.62 bits per heavy atom. The average molecular weight is 242 g/mol. The summed E-state index contributed by atoms with van der Waals surface area (Å²) in [6.07, 6.45) is 0. The molecule has 16 heavy (non-hydrogen) atoms. The minimum absolute atomic E-state index is 0.217. The number of carbonyl (C=O) groups is 2. The van der Waals surface area contributed by atoms with Crippen LogP contribution in [0.5, 0.6) is 0 Å². The number of hydrogen-bond acceptors (Lipinski definition) is 3. The Morgan fingerprint density at radius 1 is 1.44 bits per heavy atom. The normalized spacial score (nSPS) is 11.9. The van der Waals surface area contributed by atoms with E-state index in [4.69, 9.17) is 23.1 Å². The Balaban J connectivity index is 2.88. The van der Waals surface area contributed by atoms with E-state index in [0.717, 1.165) is 0 Å². The van der Waals surface area contributed by atoms with Crippen LogP contribution in [0.3, 0.4) is 0 Å². The zero-order valence-electron chi connectivity index (χ0n) is 8.66. The number of nitrogens with two attached hydrogens (primary N) is 2. The topological polar surface area (TPSA) is 98.2 Å². The molecule has 5 nitrogen and oxygen atoms in total. The van der Waals surface area contributed by atoms with E-state index in [1.807, 2.05) is 0 Å². The molecule has 1 aromatic carbocycles. The van der Waals surface area contributed by atoms with Gasteiger partial charge in [-0.25, -0.2) is 0 Å². The van der Waals surface area contributed by atoms with E-state index in [1.165, 1.54) is 19.1 Å². The molecule has 5 N–H and O–H groups in total. The van der Waals surface area contributed by atoms with E-state index in [9.17, 15) is 9.59 Å². The number of primary amides is 1. The first-order valence-electron chi connectivity index (χ1n) is 4.57. The molecule has 0 aliphatic heterocycles. The Kier molecular flexibility index (Phi) is 3.73. The minimum Gasteiger partial charge on any atom is -0.399 e. The molecule has 0 aliphatic rings. The van der Waals surface area contributed by atoms with Gasteiger partial charge >= 0.3 is 0 Å². The van der Waals surface area contributed by atoms with Crippen LogP contribution >= 0.6 is 11.6 Å². The van der Waals surface area contributed by atoms with Gasteiger partial charge in [0.25, 0.3) is 5.91 Å². The summed E-state index contributed by atoms with van der Waals surface area (Å²) in [6, 6.07) is 3.77. The molecular weight excluding hydrogens is 230 g/mol. The fraction of sp³-hybridized carbons (Fsp3) is 0.200. The van der Waals surface area contributed by atoms with Crippen LogP contribution in [0.4, 0.5) is 5.69 Å². The van der Waals surface area contributed by atoms with Crippen LogP contribution in [0.1, 0.15) is 17.3 Å². The van der Waals surface area contributed by atoms with Gasteiger partial charge < -0.3 is 16.8 Å². The van der Waals surface area contributed by atoms with Gasteiger partial charge in [-0.1, -0.05) is 11.6 Å². The first-order chi connectivity index (χ1) is 7.41. The van der Waals surface area contributed by atoms with Gasteiger partial charge in [0.05, 0.1) is 10.6 Å². The SMILES string of the molecule is CC(NC(=O)c1cc(N)ccc1Cl)C(N)=O. The second-order valence-electron chi connectivity index (χ2n) is 3.34. The first-order valence-corrected chi connectivity index (χ1v) is 4.95. The molecule has 6 heteroatoms. The number of hydrogen-bond donors (Lipinski definition) is 3. The quantitative estimate of drug-likeness (QED) is 0.673. The zero-order chi connectivity index (χ0) is 12.3. The van der Waals surface area contributed by atoms with Gasteiger partial charge in [-0.3, -0.25) is 9.59 Å². The van der Waals surface area contributed by atoms with Crippen molar-refractivity contribution in [3.05, 3.63) is 28.8 Å². The third-order valence-electron chi connectivity index (χ3n) is 2.01. The van der Waals surface area contributed by atoms with E-state index < -0.39 is 17.9 Å². The van der Waals surface area contributed by atoms with Crippen LogP contribution in [0, 0.1) is 0 Å². The molecule has 0 radical (unpaired) electrons. The molecular formula is C10H12ClN3O2. The van der Waals surface area contributed by atoms with Crippen molar-refractivity contribution in [3.63, 3.8) is 0 Å². The summed E-state index contributed by atoms with van der Waals surface area (Å²) in [4.78, 5) is 22.4. The standard InChI is InChI=1S/C10H12ClN3O2/c1-5(9(13)15)14-10(16)7-4-6(12)2-3-8(7)11/h2-5H,12H2,1H3,(H2,13,15)(H,14,16). The molecule has 1 atom stereocenters. The van der Waals surface area contributed by atoms with Gasteiger partial charge in [0.15, 0.2) is 0 Å². The Hall–Kier alpha value is -1.75. The number of carbonyl (C=O) groups excluding carboxylic acids is 2. The molecule has 1 rings (SSSR count). The number of halogens is 1. The number of nitrogen functional groups attached to an aromatic ring is 1. The summed E-state index contributed by atoms with van der Waals surface area (Å²) in [5, 5.41) is 2.68. The molecule has 1 unspecified atom stereocenters. The van der Waals surface area contributed by atoms with Crippen LogP contribution in [0.25, 0.3) is 0 Å². The highest BCUT2D eigenvalue weighted by molar-refractivity contribution is 6.34. The number of amides is 2. The molecule has 0 fully saturated rings. The summed E-state index contributed by atoms with van der Waals surface area (Å²) in [6.45, 7) is 1.49. The van der Waals surface area contributed by atoms with E-state index in [1.54, 1.807) is 6.07 Å². The zero-order valence-corrected chi connectivity index (χ0v) is 9.41. The van der Waals surface area contributed by atoms with E-state index in [-0.39, 0.29) is 10.6 Å². The van der Waals surface area contributed by atoms with Crippen molar-refractivity contribution < 1.29 is 9.59 Å². The molecule has 0 saturated carbocycles. The first kappa shape index (κ1) is 12.3. The lowest BCUT2D eigenvalue weighted by atomic mass is 10.1. The smallest absolute Gasteiger partial charge is 0.253 e. The molecule has 2 amide bonds.